The highest BCUT2D eigenvalue weighted by Gasteiger charge is 2.08. The minimum atomic E-state index is -0.208. The zero-order chi connectivity index (χ0) is 20.1. The summed E-state index contributed by atoms with van der Waals surface area (Å²) >= 11 is 1.57. The third-order valence-corrected chi connectivity index (χ3v) is 5.57. The van der Waals surface area contributed by atoms with Crippen LogP contribution in [0.2, 0.25) is 0 Å². The van der Waals surface area contributed by atoms with Crippen LogP contribution >= 0.6 is 11.3 Å². The Bertz CT molecular complexity index is 1070. The molecule has 0 aliphatic heterocycles. The number of fused-ring (bicyclic) bond motifs is 2. The van der Waals surface area contributed by atoms with E-state index in [1.807, 2.05) is 30.3 Å². The molecular formula is C22H24N2O3S. The molecule has 0 aliphatic carbocycles. The van der Waals surface area contributed by atoms with Crippen molar-refractivity contribution in [1.82, 2.24) is 10.6 Å². The largest absolute Gasteiger partial charge is 0.484 e. The van der Waals surface area contributed by atoms with Crippen molar-refractivity contribution < 1.29 is 9.53 Å². The lowest BCUT2D eigenvalue weighted by molar-refractivity contribution is -0.123. The molecule has 3 rings (SSSR count). The van der Waals surface area contributed by atoms with Crippen LogP contribution in [0.3, 0.4) is 0 Å². The molecule has 2 N–H and O–H groups in total. The quantitative estimate of drug-likeness (QED) is 0.450. The zero-order valence-corrected chi connectivity index (χ0v) is 16.9. The van der Waals surface area contributed by atoms with Crippen LogP contribution in [0.25, 0.3) is 20.2 Å². The van der Waals surface area contributed by atoms with Gasteiger partial charge in [0, 0.05) is 39.0 Å². The Kier molecular flexibility index (Phi) is 6.31. The minimum Gasteiger partial charge on any atom is -0.484 e. The lowest BCUT2D eigenvalue weighted by atomic mass is 10.1. The van der Waals surface area contributed by atoms with Gasteiger partial charge < -0.3 is 15.4 Å². The van der Waals surface area contributed by atoms with Crippen LogP contribution in [-0.4, -0.2) is 25.6 Å². The molecule has 1 heterocycles. The molecule has 0 bridgehead atoms. The third-order valence-electron chi connectivity index (χ3n) is 4.41. The van der Waals surface area contributed by atoms with Gasteiger partial charge in [-0.2, -0.15) is 0 Å². The number of ether oxygens (including phenoxy) is 1. The van der Waals surface area contributed by atoms with Crippen LogP contribution < -0.4 is 20.8 Å². The molecule has 1 amide bonds. The fourth-order valence-electron chi connectivity index (χ4n) is 2.70. The van der Waals surface area contributed by atoms with E-state index in [-0.39, 0.29) is 17.9 Å². The van der Waals surface area contributed by atoms with Gasteiger partial charge in [0.1, 0.15) is 5.75 Å². The Balaban J connectivity index is 1.59. The van der Waals surface area contributed by atoms with Crippen molar-refractivity contribution >= 4 is 37.4 Å². The monoisotopic (exact) mass is 396 g/mol. The average Bonchev–Trinajstić information content (AvgIpc) is 2.69. The molecule has 28 heavy (non-hydrogen) atoms. The van der Waals surface area contributed by atoms with Gasteiger partial charge in [-0.1, -0.05) is 32.6 Å². The fourth-order valence-corrected chi connectivity index (χ4v) is 3.75. The average molecular weight is 397 g/mol. The van der Waals surface area contributed by atoms with Gasteiger partial charge in [-0.05, 0) is 36.2 Å². The highest BCUT2D eigenvalue weighted by atomic mass is 32.1. The second-order valence-corrected chi connectivity index (χ2v) is 7.91. The van der Waals surface area contributed by atoms with E-state index in [4.69, 9.17) is 4.74 Å². The summed E-state index contributed by atoms with van der Waals surface area (Å²) in [6.45, 7) is 9.05. The first kappa shape index (κ1) is 19.9. The van der Waals surface area contributed by atoms with E-state index in [0.29, 0.717) is 35.5 Å². The number of nitrogens with one attached hydrogen (secondary N) is 2. The highest BCUT2D eigenvalue weighted by Crippen LogP contribution is 2.27. The Hall–Kier alpha value is -2.86. The van der Waals surface area contributed by atoms with Crippen LogP contribution in [-0.2, 0) is 4.79 Å². The molecule has 2 aromatic carbocycles. The molecule has 0 aliphatic rings. The number of hydrogen-bond donors (Lipinski definition) is 2. The maximum Gasteiger partial charge on any atom is 0.258 e. The van der Waals surface area contributed by atoms with E-state index in [1.165, 1.54) is 0 Å². The molecular weight excluding hydrogens is 372 g/mol. The third kappa shape index (κ3) is 4.70. The smallest absolute Gasteiger partial charge is 0.258 e. The summed E-state index contributed by atoms with van der Waals surface area (Å²) in [7, 11) is 0. The summed E-state index contributed by atoms with van der Waals surface area (Å²) < 4.78 is 7.44. The lowest BCUT2D eigenvalue weighted by Crippen LogP contribution is -2.35. The standard InChI is InChI=1S/C22H24N2O3S/c1-14(2)15(3)23-10-11-24-21(25)13-27-16-8-9-20-18(12-16)22(26)17-6-4-5-7-19(17)28-20/h4-9,12,14,23H,3,10-11,13H2,1-2H3,(H,24,25). The van der Waals surface area contributed by atoms with Crippen LogP contribution in [0.1, 0.15) is 13.8 Å². The molecule has 5 nitrogen and oxygen atoms in total. The number of rotatable bonds is 8. The van der Waals surface area contributed by atoms with E-state index in [0.717, 1.165) is 15.1 Å². The first-order valence-electron chi connectivity index (χ1n) is 9.23. The number of hydrogen-bond acceptors (Lipinski definition) is 5. The van der Waals surface area contributed by atoms with Crippen molar-refractivity contribution in [2.75, 3.05) is 19.7 Å². The van der Waals surface area contributed by atoms with Crippen LogP contribution in [0.4, 0.5) is 0 Å². The summed E-state index contributed by atoms with van der Waals surface area (Å²) in [6.07, 6.45) is 0. The summed E-state index contributed by atoms with van der Waals surface area (Å²) in [5.74, 6) is 0.658. The van der Waals surface area contributed by atoms with Crippen LogP contribution in [0.5, 0.6) is 5.75 Å². The zero-order valence-electron chi connectivity index (χ0n) is 16.1. The van der Waals surface area contributed by atoms with Gasteiger partial charge in [-0.3, -0.25) is 9.59 Å². The summed E-state index contributed by atoms with van der Waals surface area (Å²) in [5, 5.41) is 7.27. The lowest BCUT2D eigenvalue weighted by Gasteiger charge is -2.13. The maximum absolute atomic E-state index is 12.7. The van der Waals surface area contributed by atoms with E-state index in [2.05, 4.69) is 31.1 Å². The number of carbonyl (C=O) groups excluding carboxylic acids is 1. The molecule has 0 spiro atoms. The van der Waals surface area contributed by atoms with Crippen LogP contribution in [0.15, 0.2) is 59.5 Å². The summed E-state index contributed by atoms with van der Waals surface area (Å²) in [4.78, 5) is 24.7. The Morgan fingerprint density at radius 2 is 1.79 bits per heavy atom. The van der Waals surface area contributed by atoms with Crippen molar-refractivity contribution in [3.63, 3.8) is 0 Å². The van der Waals surface area contributed by atoms with E-state index >= 15 is 0 Å². The molecule has 0 atom stereocenters. The first-order chi connectivity index (χ1) is 13.5. The maximum atomic E-state index is 12.7. The minimum absolute atomic E-state index is 0.0179. The molecule has 0 unspecified atom stereocenters. The second kappa shape index (κ2) is 8.89. The van der Waals surface area contributed by atoms with Gasteiger partial charge in [-0.25, -0.2) is 0 Å². The molecule has 3 aromatic rings. The highest BCUT2D eigenvalue weighted by molar-refractivity contribution is 7.24. The van der Waals surface area contributed by atoms with Crippen molar-refractivity contribution in [1.29, 1.82) is 0 Å². The molecule has 0 saturated heterocycles. The molecule has 0 fully saturated rings. The first-order valence-corrected chi connectivity index (χ1v) is 10.0. The normalized spacial score (nSPS) is 11.0. The Morgan fingerprint density at radius 1 is 1.07 bits per heavy atom. The van der Waals surface area contributed by atoms with Crippen LogP contribution in [0, 0.1) is 5.92 Å². The summed E-state index contributed by atoms with van der Waals surface area (Å²) in [6, 6.07) is 12.9. The van der Waals surface area contributed by atoms with Crippen molar-refractivity contribution in [3.8, 4) is 5.75 Å². The van der Waals surface area contributed by atoms with Crippen molar-refractivity contribution in [2.45, 2.75) is 13.8 Å². The SMILES string of the molecule is C=C(NCCNC(=O)COc1ccc2sc3ccccc3c(=O)c2c1)C(C)C. The number of amides is 1. The molecule has 6 heteroatoms. The fraction of sp³-hybridized carbons (Fsp3) is 0.273. The Morgan fingerprint density at radius 3 is 2.57 bits per heavy atom. The van der Waals surface area contributed by atoms with Crippen molar-refractivity contribution in [2.24, 2.45) is 5.92 Å². The van der Waals surface area contributed by atoms with Gasteiger partial charge in [0.25, 0.3) is 5.91 Å². The van der Waals surface area contributed by atoms with E-state index in [9.17, 15) is 9.59 Å². The van der Waals surface area contributed by atoms with Crippen molar-refractivity contribution in [3.05, 3.63) is 65.0 Å². The van der Waals surface area contributed by atoms with Gasteiger partial charge in [0.2, 0.25) is 0 Å². The summed E-state index contributed by atoms with van der Waals surface area (Å²) in [5.41, 5.74) is 0.930. The van der Waals surface area contributed by atoms with Gasteiger partial charge in [-0.15, -0.1) is 11.3 Å². The molecule has 0 radical (unpaired) electrons. The second-order valence-electron chi connectivity index (χ2n) is 6.83. The Labute approximate surface area is 168 Å². The van der Waals surface area contributed by atoms with E-state index in [1.54, 1.807) is 23.5 Å². The van der Waals surface area contributed by atoms with Gasteiger partial charge >= 0.3 is 0 Å². The predicted molar refractivity (Wildman–Crippen MR) is 116 cm³/mol. The molecule has 0 saturated carbocycles. The van der Waals surface area contributed by atoms with E-state index < -0.39 is 0 Å². The number of carbonyl (C=O) groups is 1. The molecule has 146 valence electrons. The van der Waals surface area contributed by atoms with Gasteiger partial charge in [0.05, 0.1) is 0 Å². The topological polar surface area (TPSA) is 67.4 Å². The number of allylic oxidation sites excluding steroid dienone is 1. The predicted octanol–water partition coefficient (Wildman–Crippen LogP) is 3.67. The number of benzene rings is 2. The molecule has 1 aromatic heterocycles. The van der Waals surface area contributed by atoms with Gasteiger partial charge in [0.15, 0.2) is 12.0 Å².